The van der Waals surface area contributed by atoms with Gasteiger partial charge in [-0.2, -0.15) is 0 Å². The number of rotatable bonds is 0. The number of hydrogen-bond donors (Lipinski definition) is 1. The smallest absolute Gasteiger partial charge is 0.195 e. The van der Waals surface area contributed by atoms with Gasteiger partial charge in [0.05, 0.1) is 6.61 Å². The highest BCUT2D eigenvalue weighted by Crippen LogP contribution is 2.32. The fourth-order valence-corrected chi connectivity index (χ4v) is 2.13. The normalized spacial score (nSPS) is 15.2. The molecular weight excluding hydrogens is 174 g/mol. The highest BCUT2D eigenvalue weighted by Gasteiger charge is 2.15. The molecule has 72 valence electrons. The average molecular weight is 187 g/mol. The summed E-state index contributed by atoms with van der Waals surface area (Å²) < 4.78 is 5.59. The van der Waals surface area contributed by atoms with E-state index in [1.54, 1.807) is 0 Å². The van der Waals surface area contributed by atoms with Crippen molar-refractivity contribution in [2.45, 2.75) is 19.8 Å². The van der Waals surface area contributed by atoms with E-state index in [9.17, 15) is 0 Å². The predicted molar refractivity (Wildman–Crippen MR) is 56.9 cm³/mol. The molecule has 0 radical (unpaired) electrons. The first-order valence-electron chi connectivity index (χ1n) is 5.08. The lowest BCUT2D eigenvalue weighted by atomic mass is 10.1. The standard InChI is InChI=1S/C12H13NO/c1-8-4-5-11-10(7-8)9-3-2-6-14-12(9)13-11/h4-5,7,13H,2-3,6H2,1H3. The Morgan fingerprint density at radius 3 is 3.21 bits per heavy atom. The molecule has 1 aliphatic heterocycles. The predicted octanol–water partition coefficient (Wildman–Crippen LogP) is 2.80. The summed E-state index contributed by atoms with van der Waals surface area (Å²) in [6, 6.07) is 6.50. The zero-order valence-electron chi connectivity index (χ0n) is 8.26. The van der Waals surface area contributed by atoms with E-state index in [0.29, 0.717) is 0 Å². The Labute approximate surface area is 82.9 Å². The van der Waals surface area contributed by atoms with Crippen molar-refractivity contribution in [3.05, 3.63) is 29.3 Å². The molecule has 2 heteroatoms. The molecule has 1 aromatic heterocycles. The Kier molecular flexibility index (Phi) is 1.57. The zero-order valence-corrected chi connectivity index (χ0v) is 8.26. The van der Waals surface area contributed by atoms with Crippen molar-refractivity contribution in [1.82, 2.24) is 4.98 Å². The first-order chi connectivity index (χ1) is 6.84. The van der Waals surface area contributed by atoms with Gasteiger partial charge in [-0.05, 0) is 31.9 Å². The van der Waals surface area contributed by atoms with E-state index >= 15 is 0 Å². The number of H-pyrrole nitrogens is 1. The number of hydrogen-bond acceptors (Lipinski definition) is 1. The van der Waals surface area contributed by atoms with E-state index in [-0.39, 0.29) is 0 Å². The number of fused-ring (bicyclic) bond motifs is 3. The lowest BCUT2D eigenvalue weighted by Crippen LogP contribution is -2.06. The van der Waals surface area contributed by atoms with Gasteiger partial charge in [-0.15, -0.1) is 0 Å². The maximum absolute atomic E-state index is 5.59. The minimum atomic E-state index is 0.846. The van der Waals surface area contributed by atoms with Crippen molar-refractivity contribution in [3.63, 3.8) is 0 Å². The van der Waals surface area contributed by atoms with E-state index in [0.717, 1.165) is 25.3 Å². The van der Waals surface area contributed by atoms with Gasteiger partial charge < -0.3 is 9.72 Å². The van der Waals surface area contributed by atoms with Gasteiger partial charge in [0.2, 0.25) is 0 Å². The lowest BCUT2D eigenvalue weighted by Gasteiger charge is -2.12. The van der Waals surface area contributed by atoms with Crippen LogP contribution in [0, 0.1) is 6.92 Å². The van der Waals surface area contributed by atoms with Gasteiger partial charge in [0.1, 0.15) is 0 Å². The molecule has 0 bridgehead atoms. The molecule has 1 aliphatic rings. The van der Waals surface area contributed by atoms with Crippen LogP contribution in [0.15, 0.2) is 18.2 Å². The third-order valence-corrected chi connectivity index (χ3v) is 2.84. The summed E-state index contributed by atoms with van der Waals surface area (Å²) in [4.78, 5) is 3.32. The minimum absolute atomic E-state index is 0.846. The van der Waals surface area contributed by atoms with E-state index in [4.69, 9.17) is 4.74 Å². The topological polar surface area (TPSA) is 25.0 Å². The van der Waals surface area contributed by atoms with E-state index < -0.39 is 0 Å². The average Bonchev–Trinajstić information content (AvgIpc) is 2.56. The summed E-state index contributed by atoms with van der Waals surface area (Å²) in [6.07, 6.45) is 2.27. The van der Waals surface area contributed by atoms with Crippen LogP contribution in [0.25, 0.3) is 10.9 Å². The van der Waals surface area contributed by atoms with E-state index in [1.807, 2.05) is 0 Å². The summed E-state index contributed by atoms with van der Waals surface area (Å²) >= 11 is 0. The molecule has 0 aliphatic carbocycles. The van der Waals surface area contributed by atoms with Crippen molar-refractivity contribution in [3.8, 4) is 5.88 Å². The highest BCUT2D eigenvalue weighted by molar-refractivity contribution is 5.86. The van der Waals surface area contributed by atoms with Crippen LogP contribution in [0.5, 0.6) is 5.88 Å². The Balaban J connectivity index is 2.32. The van der Waals surface area contributed by atoms with Crippen LogP contribution in [0.4, 0.5) is 0 Å². The van der Waals surface area contributed by atoms with Gasteiger partial charge in [-0.3, -0.25) is 0 Å². The van der Waals surface area contributed by atoms with Gasteiger partial charge in [0.15, 0.2) is 5.88 Å². The molecule has 0 saturated heterocycles. The SMILES string of the molecule is Cc1ccc2[nH]c3c(c2c1)CCCO3. The molecule has 2 heterocycles. The molecule has 0 atom stereocenters. The van der Waals surface area contributed by atoms with Crippen LogP contribution >= 0.6 is 0 Å². The third-order valence-electron chi connectivity index (χ3n) is 2.84. The summed E-state index contributed by atoms with van der Waals surface area (Å²) in [7, 11) is 0. The van der Waals surface area contributed by atoms with Crippen LogP contribution in [-0.2, 0) is 6.42 Å². The second-order valence-corrected chi connectivity index (χ2v) is 3.93. The van der Waals surface area contributed by atoms with Gasteiger partial charge >= 0.3 is 0 Å². The minimum Gasteiger partial charge on any atom is -0.479 e. The number of ether oxygens (including phenoxy) is 1. The van der Waals surface area contributed by atoms with Crippen molar-refractivity contribution in [2.75, 3.05) is 6.61 Å². The van der Waals surface area contributed by atoms with Crippen LogP contribution in [0.1, 0.15) is 17.5 Å². The Morgan fingerprint density at radius 2 is 2.29 bits per heavy atom. The van der Waals surface area contributed by atoms with E-state index in [2.05, 4.69) is 30.1 Å². The van der Waals surface area contributed by atoms with Gasteiger partial charge in [0.25, 0.3) is 0 Å². The fourth-order valence-electron chi connectivity index (χ4n) is 2.13. The second-order valence-electron chi connectivity index (χ2n) is 3.93. The number of aromatic nitrogens is 1. The molecule has 0 fully saturated rings. The first-order valence-corrected chi connectivity index (χ1v) is 5.08. The Hall–Kier alpha value is -1.44. The molecular formula is C12H13NO. The summed E-state index contributed by atoms with van der Waals surface area (Å²) in [5, 5.41) is 1.33. The lowest BCUT2D eigenvalue weighted by molar-refractivity contribution is 0.280. The number of aromatic amines is 1. The van der Waals surface area contributed by atoms with Crippen LogP contribution in [0.2, 0.25) is 0 Å². The molecule has 2 aromatic rings. The van der Waals surface area contributed by atoms with Crippen molar-refractivity contribution >= 4 is 10.9 Å². The Morgan fingerprint density at radius 1 is 1.36 bits per heavy atom. The zero-order chi connectivity index (χ0) is 9.54. The second kappa shape index (κ2) is 2.77. The number of nitrogens with one attached hydrogen (secondary N) is 1. The monoisotopic (exact) mass is 187 g/mol. The Bertz CT molecular complexity index is 484. The highest BCUT2D eigenvalue weighted by atomic mass is 16.5. The van der Waals surface area contributed by atoms with Crippen molar-refractivity contribution < 1.29 is 4.74 Å². The molecule has 0 unspecified atom stereocenters. The first kappa shape index (κ1) is 7.92. The van der Waals surface area contributed by atoms with E-state index in [1.165, 1.54) is 22.0 Å². The number of benzene rings is 1. The molecule has 1 aromatic carbocycles. The molecule has 0 saturated carbocycles. The van der Waals surface area contributed by atoms with Gasteiger partial charge in [0, 0.05) is 16.5 Å². The summed E-state index contributed by atoms with van der Waals surface area (Å²) in [5.41, 5.74) is 3.86. The van der Waals surface area contributed by atoms with Gasteiger partial charge in [-0.1, -0.05) is 11.6 Å². The quantitative estimate of drug-likeness (QED) is 0.674. The fraction of sp³-hybridized carbons (Fsp3) is 0.333. The molecule has 0 spiro atoms. The number of aryl methyl sites for hydroxylation is 2. The van der Waals surface area contributed by atoms with Crippen LogP contribution < -0.4 is 4.74 Å². The molecule has 0 amide bonds. The largest absolute Gasteiger partial charge is 0.479 e. The maximum Gasteiger partial charge on any atom is 0.195 e. The summed E-state index contributed by atoms with van der Waals surface area (Å²) in [5.74, 6) is 0.983. The summed E-state index contributed by atoms with van der Waals surface area (Å²) in [6.45, 7) is 2.97. The van der Waals surface area contributed by atoms with Crippen LogP contribution in [0.3, 0.4) is 0 Å². The van der Waals surface area contributed by atoms with Crippen molar-refractivity contribution in [1.29, 1.82) is 0 Å². The third kappa shape index (κ3) is 1.03. The van der Waals surface area contributed by atoms with Gasteiger partial charge in [-0.25, -0.2) is 0 Å². The molecule has 14 heavy (non-hydrogen) atoms. The van der Waals surface area contributed by atoms with Crippen LogP contribution in [-0.4, -0.2) is 11.6 Å². The van der Waals surface area contributed by atoms with Crippen molar-refractivity contribution in [2.24, 2.45) is 0 Å². The molecule has 2 nitrogen and oxygen atoms in total. The molecule has 3 rings (SSSR count). The maximum atomic E-state index is 5.59. The molecule has 1 N–H and O–H groups in total.